The Labute approximate surface area is 145 Å². The largest absolute Gasteiger partial charge is 0.507 e. The van der Waals surface area contributed by atoms with E-state index in [0.717, 1.165) is 0 Å². The summed E-state index contributed by atoms with van der Waals surface area (Å²) >= 11 is 0. The van der Waals surface area contributed by atoms with Gasteiger partial charge in [-0.3, -0.25) is 9.79 Å². The molecule has 1 aromatic carbocycles. The van der Waals surface area contributed by atoms with Crippen LogP contribution in [0.15, 0.2) is 29.3 Å². The van der Waals surface area contributed by atoms with Crippen LogP contribution in [0.5, 0.6) is 5.75 Å². The molecule has 0 aliphatic heterocycles. The minimum Gasteiger partial charge on any atom is -0.507 e. The van der Waals surface area contributed by atoms with E-state index in [1.807, 2.05) is 0 Å². The van der Waals surface area contributed by atoms with E-state index in [-0.39, 0.29) is 22.5 Å². The van der Waals surface area contributed by atoms with Crippen molar-refractivity contribution < 1.29 is 41.7 Å². The summed E-state index contributed by atoms with van der Waals surface area (Å²) in [7, 11) is 0. The van der Waals surface area contributed by atoms with Crippen LogP contribution in [0.4, 0.5) is 0 Å². The van der Waals surface area contributed by atoms with Crippen molar-refractivity contribution in [3.05, 3.63) is 29.8 Å². The minimum absolute atomic E-state index is 0. The summed E-state index contributed by atoms with van der Waals surface area (Å²) in [5.41, 5.74) is 3.32. The van der Waals surface area contributed by atoms with Crippen molar-refractivity contribution in [2.45, 2.75) is 38.8 Å². The summed E-state index contributed by atoms with van der Waals surface area (Å²) in [5.74, 6) is -1.90. The fourth-order valence-electron chi connectivity index (χ4n) is 0.883. The molecule has 0 aliphatic carbocycles. The molecule has 7 nitrogen and oxygen atoms in total. The molecular formula is C15H22CoN2O5. The van der Waals surface area contributed by atoms with Gasteiger partial charge >= 0.3 is 11.9 Å². The summed E-state index contributed by atoms with van der Waals surface area (Å²) in [6, 6.07) is 6.62. The van der Waals surface area contributed by atoms with Gasteiger partial charge in [-0.05, 0) is 39.8 Å². The molecule has 1 radical (unpaired) electrons. The summed E-state index contributed by atoms with van der Waals surface area (Å²) in [6.07, 6.45) is 1.36. The third kappa shape index (κ3) is 8.96. The van der Waals surface area contributed by atoms with Crippen molar-refractivity contribution in [1.29, 1.82) is 0 Å². The molecule has 131 valence electrons. The van der Waals surface area contributed by atoms with E-state index < -0.39 is 23.0 Å². The van der Waals surface area contributed by atoms with E-state index in [9.17, 15) is 14.7 Å². The zero-order chi connectivity index (χ0) is 17.6. The van der Waals surface area contributed by atoms with Gasteiger partial charge in [-0.1, -0.05) is 12.1 Å². The zero-order valence-electron chi connectivity index (χ0n) is 13.4. The van der Waals surface area contributed by atoms with Gasteiger partial charge in [0.2, 0.25) is 0 Å². The minimum atomic E-state index is -1.18. The molecule has 0 spiro atoms. The maximum absolute atomic E-state index is 10.8. The van der Waals surface area contributed by atoms with Crippen LogP contribution in [0.1, 0.15) is 33.3 Å². The summed E-state index contributed by atoms with van der Waals surface area (Å²) in [5, 5.41) is 26.3. The van der Waals surface area contributed by atoms with Gasteiger partial charge in [-0.15, -0.1) is 0 Å². The van der Waals surface area contributed by atoms with Crippen LogP contribution in [0.2, 0.25) is 0 Å². The van der Waals surface area contributed by atoms with Gasteiger partial charge in [-0.25, -0.2) is 4.79 Å². The summed E-state index contributed by atoms with van der Waals surface area (Å²) < 4.78 is 0. The number of aliphatic imine (C=N–C) groups is 1. The molecule has 0 unspecified atom stereocenters. The van der Waals surface area contributed by atoms with E-state index in [0.29, 0.717) is 5.56 Å². The Bertz CT molecular complexity index is 565. The first kappa shape index (κ1) is 23.4. The van der Waals surface area contributed by atoms with Gasteiger partial charge in [0.25, 0.3) is 0 Å². The molecule has 0 amide bonds. The number of rotatable bonds is 4. The molecule has 0 fully saturated rings. The van der Waals surface area contributed by atoms with Crippen LogP contribution in [0.25, 0.3) is 0 Å². The third-order valence-electron chi connectivity index (χ3n) is 2.54. The number of carboxylic acids is 2. The van der Waals surface area contributed by atoms with Gasteiger partial charge in [-0.2, -0.15) is 0 Å². The maximum atomic E-state index is 10.8. The number of carboxylic acid groups (broad SMARTS) is 2. The van der Waals surface area contributed by atoms with Crippen molar-refractivity contribution in [2.24, 2.45) is 10.7 Å². The number of phenols is 1. The second-order valence-corrected chi connectivity index (χ2v) is 5.71. The Kier molecular flexibility index (Phi) is 9.43. The van der Waals surface area contributed by atoms with Crippen LogP contribution < -0.4 is 5.73 Å². The number of aromatic hydroxyl groups is 1. The second-order valence-electron chi connectivity index (χ2n) is 5.71. The Hall–Kier alpha value is -1.90. The molecule has 0 aliphatic rings. The smallest absolute Gasteiger partial charge is 0.330 e. The standard InChI is InChI=1S/C11H13NO3.C4H9NO2.Co/c1-11(2,10(14)15)12-7-8-5-3-4-6-9(8)13;1-4(2,5)3(6)7;/h3-7,13H,1-2H3,(H,14,15);5H2,1-2H3,(H,6,7);. The second kappa shape index (κ2) is 9.28. The topological polar surface area (TPSA) is 133 Å². The molecule has 0 atom stereocenters. The van der Waals surface area contributed by atoms with Gasteiger partial charge in [0.15, 0.2) is 5.54 Å². The third-order valence-corrected chi connectivity index (χ3v) is 2.54. The van der Waals surface area contributed by atoms with Crippen LogP contribution in [-0.2, 0) is 26.4 Å². The molecule has 1 rings (SSSR count). The molecule has 1 aromatic rings. The molecular weight excluding hydrogens is 347 g/mol. The van der Waals surface area contributed by atoms with E-state index in [1.165, 1.54) is 40.0 Å². The van der Waals surface area contributed by atoms with Crippen molar-refractivity contribution in [2.75, 3.05) is 0 Å². The maximum Gasteiger partial charge on any atom is 0.330 e. The van der Waals surface area contributed by atoms with Crippen LogP contribution >= 0.6 is 0 Å². The average Bonchev–Trinajstić information content (AvgIpc) is 2.37. The Balaban J connectivity index is 0. The van der Waals surface area contributed by atoms with Crippen molar-refractivity contribution in [1.82, 2.24) is 0 Å². The first-order chi connectivity index (χ1) is 9.88. The van der Waals surface area contributed by atoms with E-state index in [4.69, 9.17) is 15.9 Å². The first-order valence-electron chi connectivity index (χ1n) is 6.47. The monoisotopic (exact) mass is 369 g/mol. The Morgan fingerprint density at radius 3 is 1.87 bits per heavy atom. The average molecular weight is 369 g/mol. The van der Waals surface area contributed by atoms with Crippen molar-refractivity contribution in [3.8, 4) is 5.75 Å². The SMILES string of the molecule is CC(C)(N)C(=O)O.CC(C)(N=Cc1ccccc1O)C(=O)O.[Co]. The molecule has 8 heteroatoms. The number of carbonyl (C=O) groups is 2. The van der Waals surface area contributed by atoms with E-state index >= 15 is 0 Å². The summed E-state index contributed by atoms with van der Waals surface area (Å²) in [6.45, 7) is 5.86. The van der Waals surface area contributed by atoms with Gasteiger partial charge in [0.05, 0.1) is 0 Å². The van der Waals surface area contributed by atoms with Crippen molar-refractivity contribution >= 4 is 18.2 Å². The Morgan fingerprint density at radius 2 is 1.52 bits per heavy atom. The molecule has 0 saturated heterocycles. The number of phenolic OH excluding ortho intramolecular Hbond substituents is 1. The number of nitrogens with two attached hydrogens (primary N) is 1. The molecule has 0 heterocycles. The molecule has 23 heavy (non-hydrogen) atoms. The van der Waals surface area contributed by atoms with E-state index in [2.05, 4.69) is 4.99 Å². The quantitative estimate of drug-likeness (QED) is 0.594. The number of aliphatic carboxylic acids is 2. The fraction of sp³-hybridized carbons (Fsp3) is 0.400. The number of para-hydroxylation sites is 1. The van der Waals surface area contributed by atoms with Crippen molar-refractivity contribution in [3.63, 3.8) is 0 Å². The normalized spacial score (nSPS) is 11.2. The zero-order valence-corrected chi connectivity index (χ0v) is 14.4. The number of hydrogen-bond donors (Lipinski definition) is 4. The fourth-order valence-corrected chi connectivity index (χ4v) is 0.883. The number of hydrogen-bond acceptors (Lipinski definition) is 5. The Morgan fingerprint density at radius 1 is 1.09 bits per heavy atom. The predicted octanol–water partition coefficient (Wildman–Crippen LogP) is 1.48. The number of benzene rings is 1. The van der Waals surface area contributed by atoms with Gasteiger partial charge in [0.1, 0.15) is 11.3 Å². The van der Waals surface area contributed by atoms with E-state index in [1.54, 1.807) is 18.2 Å². The van der Waals surface area contributed by atoms with Crippen LogP contribution in [0.3, 0.4) is 0 Å². The predicted molar refractivity (Wildman–Crippen MR) is 83.3 cm³/mol. The number of nitrogens with zero attached hydrogens (tertiary/aromatic N) is 1. The molecule has 0 bridgehead atoms. The van der Waals surface area contributed by atoms with Gasteiger partial charge in [0, 0.05) is 28.6 Å². The molecule has 0 aromatic heterocycles. The van der Waals surface area contributed by atoms with Crippen LogP contribution in [-0.4, -0.2) is 44.6 Å². The van der Waals surface area contributed by atoms with Gasteiger partial charge < -0.3 is 21.1 Å². The molecule has 0 saturated carbocycles. The molecule has 5 N–H and O–H groups in total. The first-order valence-corrected chi connectivity index (χ1v) is 6.47. The van der Waals surface area contributed by atoms with Crippen LogP contribution in [0, 0.1) is 0 Å². The summed E-state index contributed by atoms with van der Waals surface area (Å²) in [4.78, 5) is 24.5.